The van der Waals surface area contributed by atoms with E-state index in [0.717, 1.165) is 0 Å². The molecule has 0 saturated carbocycles. The summed E-state index contributed by atoms with van der Waals surface area (Å²) in [6.07, 6.45) is 0.864. The van der Waals surface area contributed by atoms with Gasteiger partial charge in [-0.15, -0.1) is 0 Å². The van der Waals surface area contributed by atoms with Crippen molar-refractivity contribution in [1.29, 1.82) is 0 Å². The van der Waals surface area contributed by atoms with Crippen LogP contribution in [0.3, 0.4) is 0 Å². The van der Waals surface area contributed by atoms with Crippen LogP contribution in [0, 0.1) is 0 Å². The third kappa shape index (κ3) is 5.82. The van der Waals surface area contributed by atoms with Crippen LogP contribution in [-0.2, 0) is 14.4 Å². The van der Waals surface area contributed by atoms with Crippen LogP contribution in [0.1, 0.15) is 54.9 Å². The molecule has 1 atom stereocenters. The summed E-state index contributed by atoms with van der Waals surface area (Å²) in [6.45, 7) is 4.03. The lowest BCUT2D eigenvalue weighted by atomic mass is 9.80. The Morgan fingerprint density at radius 1 is 0.971 bits per heavy atom. The molecule has 2 aromatic rings. The maximum Gasteiger partial charge on any atom is 0.343 e. The summed E-state index contributed by atoms with van der Waals surface area (Å²) in [7, 11) is 4.64. The number of nitrogens with zero attached hydrogens (tertiary/aromatic N) is 1. The smallest absolute Gasteiger partial charge is 0.343 e. The first kappa shape index (κ1) is 25.8. The van der Waals surface area contributed by atoms with E-state index in [0.29, 0.717) is 47.1 Å². The van der Waals surface area contributed by atoms with Gasteiger partial charge < -0.3 is 23.8 Å². The van der Waals surface area contributed by atoms with Crippen molar-refractivity contribution in [3.63, 3.8) is 0 Å². The zero-order valence-corrected chi connectivity index (χ0v) is 20.8. The monoisotopic (exact) mass is 481 g/mol. The van der Waals surface area contributed by atoms with E-state index < -0.39 is 5.97 Å². The van der Waals surface area contributed by atoms with Gasteiger partial charge in [-0.3, -0.25) is 4.79 Å². The van der Waals surface area contributed by atoms with Crippen molar-refractivity contribution in [2.75, 3.05) is 27.9 Å². The number of carbonyl (C=O) groups excluding carboxylic acids is 2. The van der Waals surface area contributed by atoms with Gasteiger partial charge >= 0.3 is 5.97 Å². The Balaban J connectivity index is 2.10. The van der Waals surface area contributed by atoms with Gasteiger partial charge in [0.1, 0.15) is 29.6 Å². The molecular formula is C27H31NO7. The van der Waals surface area contributed by atoms with E-state index in [1.807, 2.05) is 19.9 Å². The second-order valence-electron chi connectivity index (χ2n) is 7.84. The van der Waals surface area contributed by atoms with Gasteiger partial charge in [0.2, 0.25) is 0 Å². The zero-order chi connectivity index (χ0) is 25.4. The molecule has 35 heavy (non-hydrogen) atoms. The van der Waals surface area contributed by atoms with Crippen molar-refractivity contribution in [1.82, 2.24) is 0 Å². The van der Waals surface area contributed by atoms with E-state index in [1.54, 1.807) is 57.7 Å². The second-order valence-corrected chi connectivity index (χ2v) is 7.84. The highest BCUT2D eigenvalue weighted by Crippen LogP contribution is 2.46. The van der Waals surface area contributed by atoms with Gasteiger partial charge in [-0.1, -0.05) is 30.3 Å². The first-order chi connectivity index (χ1) is 17.0. The van der Waals surface area contributed by atoms with Gasteiger partial charge in [0.25, 0.3) is 0 Å². The fourth-order valence-corrected chi connectivity index (χ4v) is 4.11. The van der Waals surface area contributed by atoms with Crippen molar-refractivity contribution in [2.45, 2.75) is 39.0 Å². The number of Topliss-reactive ketones (excluding diaryl/α,β-unsaturated/α-hetero) is 1. The minimum Gasteiger partial charge on any atom is -0.496 e. The molecule has 8 nitrogen and oxygen atoms in total. The van der Waals surface area contributed by atoms with Crippen molar-refractivity contribution >= 4 is 17.5 Å². The standard InChI is InChI=1S/C27H31NO7/c1-6-20(28-34-7-2)26-21(29)13-18(14-24(26)35-27(30)17-11-9-8-10-12-17)25-22(32-4)15-19(31-3)16-23(25)33-5/h8-12,15-16,18H,6-7,13-14H2,1-5H3. The quantitative estimate of drug-likeness (QED) is 0.266. The average Bonchev–Trinajstić information content (AvgIpc) is 2.89. The highest BCUT2D eigenvalue weighted by Gasteiger charge is 2.36. The number of methoxy groups -OCH3 is 3. The van der Waals surface area contributed by atoms with E-state index in [4.69, 9.17) is 23.8 Å². The van der Waals surface area contributed by atoms with Gasteiger partial charge in [0, 0.05) is 36.5 Å². The number of esters is 1. The Morgan fingerprint density at radius 2 is 1.63 bits per heavy atom. The predicted molar refractivity (Wildman–Crippen MR) is 131 cm³/mol. The molecule has 0 N–H and O–H groups in total. The molecule has 1 aliphatic carbocycles. The van der Waals surface area contributed by atoms with Crippen LogP contribution in [0.25, 0.3) is 0 Å². The van der Waals surface area contributed by atoms with Crippen molar-refractivity contribution < 1.29 is 33.4 Å². The minimum absolute atomic E-state index is 0.159. The van der Waals surface area contributed by atoms with Gasteiger partial charge in [-0.05, 0) is 25.5 Å². The lowest BCUT2D eigenvalue weighted by molar-refractivity contribution is -0.116. The first-order valence-electron chi connectivity index (χ1n) is 11.5. The third-order valence-corrected chi connectivity index (χ3v) is 5.74. The molecule has 3 rings (SSSR count). The van der Waals surface area contributed by atoms with E-state index in [9.17, 15) is 9.59 Å². The molecule has 0 aliphatic heterocycles. The molecular weight excluding hydrogens is 450 g/mol. The summed E-state index contributed by atoms with van der Waals surface area (Å²) < 4.78 is 22.4. The lowest BCUT2D eigenvalue weighted by Gasteiger charge is -2.28. The Hall–Kier alpha value is -3.81. The number of ketones is 1. The minimum atomic E-state index is -0.549. The number of ether oxygens (including phenoxy) is 4. The summed E-state index contributed by atoms with van der Waals surface area (Å²) in [5, 5.41) is 4.13. The van der Waals surface area contributed by atoms with E-state index in [2.05, 4.69) is 5.16 Å². The number of allylic oxidation sites excluding steroid dienone is 2. The summed E-state index contributed by atoms with van der Waals surface area (Å²) in [6, 6.07) is 12.1. The first-order valence-corrected chi connectivity index (χ1v) is 11.5. The van der Waals surface area contributed by atoms with Crippen LogP contribution in [0.4, 0.5) is 0 Å². The fourth-order valence-electron chi connectivity index (χ4n) is 4.11. The van der Waals surface area contributed by atoms with Crippen molar-refractivity contribution in [3.8, 4) is 17.2 Å². The molecule has 0 heterocycles. The Kier molecular flexibility index (Phi) is 8.89. The number of hydrogen-bond acceptors (Lipinski definition) is 8. The third-order valence-electron chi connectivity index (χ3n) is 5.74. The van der Waals surface area contributed by atoms with Gasteiger partial charge in [-0.2, -0.15) is 0 Å². The number of oxime groups is 1. The normalized spacial score (nSPS) is 16.1. The van der Waals surface area contributed by atoms with Gasteiger partial charge in [-0.25, -0.2) is 4.79 Å². The fraction of sp³-hybridized carbons (Fsp3) is 0.370. The molecule has 0 spiro atoms. The Labute approximate surface area is 205 Å². The SMILES string of the molecule is CCON=C(CC)C1=C(OC(=O)c2ccccc2)CC(c2c(OC)cc(OC)cc2OC)CC1=O. The maximum atomic E-state index is 13.5. The van der Waals surface area contributed by atoms with E-state index >= 15 is 0 Å². The van der Waals surface area contributed by atoms with Crippen LogP contribution in [0.5, 0.6) is 17.2 Å². The number of carbonyl (C=O) groups is 2. The largest absolute Gasteiger partial charge is 0.496 e. The summed E-state index contributed by atoms with van der Waals surface area (Å²) in [4.78, 5) is 31.7. The lowest BCUT2D eigenvalue weighted by Crippen LogP contribution is -2.26. The highest BCUT2D eigenvalue weighted by molar-refractivity contribution is 6.23. The summed E-state index contributed by atoms with van der Waals surface area (Å²) in [5.41, 5.74) is 1.82. The molecule has 186 valence electrons. The van der Waals surface area contributed by atoms with Crippen LogP contribution >= 0.6 is 0 Å². The molecule has 0 aromatic heterocycles. The van der Waals surface area contributed by atoms with Crippen LogP contribution in [0.15, 0.2) is 59.0 Å². The second kappa shape index (κ2) is 12.1. The molecule has 2 aromatic carbocycles. The highest BCUT2D eigenvalue weighted by atomic mass is 16.6. The molecule has 0 fully saturated rings. The van der Waals surface area contributed by atoms with Crippen LogP contribution in [-0.4, -0.2) is 45.4 Å². The van der Waals surface area contributed by atoms with Crippen molar-refractivity contribution in [2.24, 2.45) is 5.16 Å². The molecule has 8 heteroatoms. The van der Waals surface area contributed by atoms with Gasteiger partial charge in [0.15, 0.2) is 5.78 Å². The molecule has 1 unspecified atom stereocenters. The predicted octanol–water partition coefficient (Wildman–Crippen LogP) is 5.07. The molecule has 0 saturated heterocycles. The number of hydrogen-bond donors (Lipinski definition) is 0. The molecule has 1 aliphatic rings. The Bertz CT molecular complexity index is 1100. The number of rotatable bonds is 10. The van der Waals surface area contributed by atoms with E-state index in [-0.39, 0.29) is 35.9 Å². The summed E-state index contributed by atoms with van der Waals surface area (Å²) in [5.74, 6) is 0.758. The molecule has 0 amide bonds. The topological polar surface area (TPSA) is 92.7 Å². The average molecular weight is 482 g/mol. The van der Waals surface area contributed by atoms with Crippen LogP contribution < -0.4 is 14.2 Å². The maximum absolute atomic E-state index is 13.5. The van der Waals surface area contributed by atoms with Gasteiger partial charge in [0.05, 0.1) is 38.2 Å². The number of benzene rings is 2. The molecule has 0 radical (unpaired) electrons. The molecule has 0 bridgehead atoms. The van der Waals surface area contributed by atoms with Crippen LogP contribution in [0.2, 0.25) is 0 Å². The van der Waals surface area contributed by atoms with E-state index in [1.165, 1.54) is 0 Å². The Morgan fingerprint density at radius 3 is 2.17 bits per heavy atom. The summed E-state index contributed by atoms with van der Waals surface area (Å²) >= 11 is 0. The van der Waals surface area contributed by atoms with Crippen molar-refractivity contribution in [3.05, 3.63) is 64.9 Å². The zero-order valence-electron chi connectivity index (χ0n) is 20.8.